The second-order valence-electron chi connectivity index (χ2n) is 4.93. The molecule has 0 bridgehead atoms. The summed E-state index contributed by atoms with van der Waals surface area (Å²) in [6, 6.07) is 0.344. The molecule has 2 unspecified atom stereocenters. The van der Waals surface area contributed by atoms with Crippen LogP contribution in [-0.4, -0.2) is 25.8 Å². The van der Waals surface area contributed by atoms with Crippen LogP contribution in [0.2, 0.25) is 0 Å². The molecule has 2 nitrogen and oxygen atoms in total. The van der Waals surface area contributed by atoms with Crippen molar-refractivity contribution in [1.82, 2.24) is 5.32 Å². The fourth-order valence-corrected chi connectivity index (χ4v) is 1.98. The number of rotatable bonds is 6. The molecule has 0 fully saturated rings. The Morgan fingerprint density at radius 3 is 2.33 bits per heavy atom. The summed E-state index contributed by atoms with van der Waals surface area (Å²) in [5, 5.41) is 3.45. The number of hydrogen-bond acceptors (Lipinski definition) is 2. The van der Waals surface area contributed by atoms with Gasteiger partial charge in [0.15, 0.2) is 0 Å². The van der Waals surface area contributed by atoms with Crippen molar-refractivity contribution in [1.29, 1.82) is 0 Å². The molecule has 2 heteroatoms. The first-order chi connectivity index (χ1) is 6.97. The largest absolute Gasteiger partial charge is 0.379 e. The smallest absolute Gasteiger partial charge is 0.0772 e. The predicted molar refractivity (Wildman–Crippen MR) is 65.8 cm³/mol. The van der Waals surface area contributed by atoms with Gasteiger partial charge in [0.1, 0.15) is 0 Å². The molecule has 0 spiro atoms. The lowest BCUT2D eigenvalue weighted by atomic mass is 9.83. The van der Waals surface area contributed by atoms with Gasteiger partial charge in [-0.3, -0.25) is 0 Å². The zero-order valence-corrected chi connectivity index (χ0v) is 10.8. The molecule has 0 aromatic carbocycles. The fraction of sp³-hybridized carbons (Fsp3) is 0.846. The molecule has 88 valence electrons. The standard InChI is InChI=1S/C13H25NO/c1-7-9-10-11(14-8-2)12(15-6)13(3,4)5/h1,11-12,14H,8-10H2,2-6H3. The van der Waals surface area contributed by atoms with E-state index in [9.17, 15) is 0 Å². The molecule has 0 saturated carbocycles. The summed E-state index contributed by atoms with van der Waals surface area (Å²) in [4.78, 5) is 0. The van der Waals surface area contributed by atoms with Crippen LogP contribution in [0.25, 0.3) is 0 Å². The van der Waals surface area contributed by atoms with Crippen LogP contribution in [0.1, 0.15) is 40.5 Å². The van der Waals surface area contributed by atoms with Crippen LogP contribution in [0, 0.1) is 17.8 Å². The van der Waals surface area contributed by atoms with Crippen molar-refractivity contribution in [3.63, 3.8) is 0 Å². The second kappa shape index (κ2) is 6.87. The molecule has 2 atom stereocenters. The van der Waals surface area contributed by atoms with Crippen molar-refractivity contribution in [3.8, 4) is 12.3 Å². The SMILES string of the molecule is C#CCCC(NCC)C(OC)C(C)(C)C. The van der Waals surface area contributed by atoms with Gasteiger partial charge in [-0.15, -0.1) is 12.3 Å². The highest BCUT2D eigenvalue weighted by Crippen LogP contribution is 2.26. The molecule has 0 saturated heterocycles. The van der Waals surface area contributed by atoms with Gasteiger partial charge in [-0.1, -0.05) is 27.7 Å². The quantitative estimate of drug-likeness (QED) is 0.681. The van der Waals surface area contributed by atoms with Gasteiger partial charge in [0, 0.05) is 19.6 Å². The summed E-state index contributed by atoms with van der Waals surface area (Å²) in [7, 11) is 1.77. The third-order valence-corrected chi connectivity index (χ3v) is 2.54. The van der Waals surface area contributed by atoms with Crippen LogP contribution in [-0.2, 0) is 4.74 Å². The molecule has 0 aliphatic heterocycles. The first-order valence-corrected chi connectivity index (χ1v) is 5.67. The van der Waals surface area contributed by atoms with Gasteiger partial charge in [0.2, 0.25) is 0 Å². The molecule has 1 N–H and O–H groups in total. The Balaban J connectivity index is 4.48. The van der Waals surface area contributed by atoms with E-state index in [1.54, 1.807) is 7.11 Å². The van der Waals surface area contributed by atoms with E-state index in [0.717, 1.165) is 19.4 Å². The van der Waals surface area contributed by atoms with E-state index in [4.69, 9.17) is 11.2 Å². The molecular formula is C13H25NO. The van der Waals surface area contributed by atoms with Crippen LogP contribution in [0.5, 0.6) is 0 Å². The number of ether oxygens (including phenoxy) is 1. The first-order valence-electron chi connectivity index (χ1n) is 5.67. The summed E-state index contributed by atoms with van der Waals surface area (Å²) in [6.45, 7) is 9.65. The van der Waals surface area contributed by atoms with Gasteiger partial charge in [-0.2, -0.15) is 0 Å². The van der Waals surface area contributed by atoms with Crippen molar-refractivity contribution in [3.05, 3.63) is 0 Å². The summed E-state index contributed by atoms with van der Waals surface area (Å²) in [5.41, 5.74) is 0.135. The Hall–Kier alpha value is -0.520. The normalized spacial score (nSPS) is 15.7. The van der Waals surface area contributed by atoms with Gasteiger partial charge in [0.25, 0.3) is 0 Å². The molecule has 0 amide bonds. The first kappa shape index (κ1) is 14.5. The average molecular weight is 211 g/mol. The van der Waals surface area contributed by atoms with E-state index in [0.29, 0.717) is 6.04 Å². The van der Waals surface area contributed by atoms with Crippen molar-refractivity contribution in [2.45, 2.75) is 52.7 Å². The maximum atomic E-state index is 5.60. The third-order valence-electron chi connectivity index (χ3n) is 2.54. The highest BCUT2D eigenvalue weighted by molar-refractivity contribution is 4.91. The third kappa shape index (κ3) is 5.20. The highest BCUT2D eigenvalue weighted by atomic mass is 16.5. The molecule has 0 radical (unpaired) electrons. The van der Waals surface area contributed by atoms with Gasteiger partial charge in [-0.25, -0.2) is 0 Å². The number of terminal acetylenes is 1. The van der Waals surface area contributed by atoms with Crippen molar-refractivity contribution >= 4 is 0 Å². The molecule has 0 aliphatic rings. The van der Waals surface area contributed by atoms with Crippen molar-refractivity contribution in [2.75, 3.05) is 13.7 Å². The summed E-state index contributed by atoms with van der Waals surface area (Å²) < 4.78 is 5.60. The summed E-state index contributed by atoms with van der Waals surface area (Å²) in [6.07, 6.45) is 7.28. The number of hydrogen-bond donors (Lipinski definition) is 1. The van der Waals surface area contributed by atoms with Crippen LogP contribution in [0.3, 0.4) is 0 Å². The molecule has 0 aromatic heterocycles. The van der Waals surface area contributed by atoms with Crippen molar-refractivity contribution < 1.29 is 4.74 Å². The van der Waals surface area contributed by atoms with Gasteiger partial charge in [0.05, 0.1) is 6.10 Å². The van der Waals surface area contributed by atoms with E-state index in [1.165, 1.54) is 0 Å². The fourth-order valence-electron chi connectivity index (χ4n) is 1.98. The predicted octanol–water partition coefficient (Wildman–Crippen LogP) is 2.44. The van der Waals surface area contributed by atoms with E-state index in [1.807, 2.05) is 0 Å². The van der Waals surface area contributed by atoms with Crippen LogP contribution >= 0.6 is 0 Å². The Morgan fingerprint density at radius 2 is 2.00 bits per heavy atom. The summed E-state index contributed by atoms with van der Waals surface area (Å²) >= 11 is 0. The van der Waals surface area contributed by atoms with Crippen molar-refractivity contribution in [2.24, 2.45) is 5.41 Å². The molecule has 0 rings (SSSR count). The lowest BCUT2D eigenvalue weighted by Gasteiger charge is -2.36. The minimum absolute atomic E-state index is 0.135. The molecular weight excluding hydrogens is 186 g/mol. The van der Waals surface area contributed by atoms with Crippen LogP contribution < -0.4 is 5.32 Å². The number of methoxy groups -OCH3 is 1. The van der Waals surface area contributed by atoms with Crippen LogP contribution in [0.15, 0.2) is 0 Å². The summed E-state index contributed by atoms with van der Waals surface area (Å²) in [5.74, 6) is 2.69. The van der Waals surface area contributed by atoms with E-state index >= 15 is 0 Å². The average Bonchev–Trinajstić information content (AvgIpc) is 2.13. The molecule has 0 aliphatic carbocycles. The highest BCUT2D eigenvalue weighted by Gasteiger charge is 2.31. The Labute approximate surface area is 94.8 Å². The lowest BCUT2D eigenvalue weighted by Crippen LogP contribution is -2.47. The lowest BCUT2D eigenvalue weighted by molar-refractivity contribution is -0.0123. The van der Waals surface area contributed by atoms with Crippen LogP contribution in [0.4, 0.5) is 0 Å². The minimum Gasteiger partial charge on any atom is -0.379 e. The second-order valence-corrected chi connectivity index (χ2v) is 4.93. The van der Waals surface area contributed by atoms with E-state index in [-0.39, 0.29) is 11.5 Å². The monoisotopic (exact) mass is 211 g/mol. The number of likely N-dealkylation sites (N-methyl/N-ethyl adjacent to an activating group) is 1. The molecule has 0 aromatic rings. The zero-order valence-electron chi connectivity index (χ0n) is 10.8. The molecule has 0 heterocycles. The Bertz CT molecular complexity index is 200. The maximum absolute atomic E-state index is 5.60. The zero-order chi connectivity index (χ0) is 11.9. The topological polar surface area (TPSA) is 21.3 Å². The van der Waals surface area contributed by atoms with Gasteiger partial charge >= 0.3 is 0 Å². The Kier molecular flexibility index (Phi) is 6.63. The van der Waals surface area contributed by atoms with Gasteiger partial charge < -0.3 is 10.1 Å². The Morgan fingerprint density at radius 1 is 1.40 bits per heavy atom. The molecule has 15 heavy (non-hydrogen) atoms. The van der Waals surface area contributed by atoms with E-state index in [2.05, 4.69) is 38.9 Å². The maximum Gasteiger partial charge on any atom is 0.0772 e. The van der Waals surface area contributed by atoms with E-state index < -0.39 is 0 Å². The van der Waals surface area contributed by atoms with Gasteiger partial charge in [-0.05, 0) is 18.4 Å². The number of nitrogens with one attached hydrogen (secondary N) is 1. The minimum atomic E-state index is 0.135.